The van der Waals surface area contributed by atoms with Gasteiger partial charge in [-0.3, -0.25) is 4.79 Å². The monoisotopic (exact) mass is 463 g/mol. The molecule has 0 aliphatic carbocycles. The lowest BCUT2D eigenvalue weighted by atomic mass is 9.85. The normalized spacial score (nSPS) is 22.0. The number of fused-ring (bicyclic) bond motifs is 2. The van der Waals surface area contributed by atoms with Gasteiger partial charge < -0.3 is 19.6 Å². The van der Waals surface area contributed by atoms with E-state index >= 15 is 0 Å². The SMILES string of the molecule is CCC1(O)C(=O)OCC(C)=C1/C=C1/c2nc3ccccc3c(/C=N/OC(C)(C)C)c2CN1C=O. The molecule has 2 aliphatic rings. The average Bonchev–Trinajstić information content (AvgIpc) is 3.15. The number of hydrogen-bond donors (Lipinski definition) is 1. The lowest BCUT2D eigenvalue weighted by Gasteiger charge is -2.32. The predicted molar refractivity (Wildman–Crippen MR) is 129 cm³/mol. The van der Waals surface area contributed by atoms with Crippen molar-refractivity contribution in [3.8, 4) is 0 Å². The molecule has 1 atom stereocenters. The molecule has 1 N–H and O–H groups in total. The second-order valence-electron chi connectivity index (χ2n) is 9.55. The van der Waals surface area contributed by atoms with Crippen molar-refractivity contribution in [3.05, 3.63) is 58.3 Å². The van der Waals surface area contributed by atoms with Gasteiger partial charge in [-0.15, -0.1) is 0 Å². The smallest absolute Gasteiger partial charge is 0.343 e. The van der Waals surface area contributed by atoms with E-state index in [4.69, 9.17) is 14.6 Å². The van der Waals surface area contributed by atoms with Crippen molar-refractivity contribution in [2.24, 2.45) is 5.16 Å². The molecule has 0 radical (unpaired) electrons. The highest BCUT2D eigenvalue weighted by molar-refractivity contribution is 6.02. The first kappa shape index (κ1) is 23.6. The second-order valence-corrected chi connectivity index (χ2v) is 9.55. The van der Waals surface area contributed by atoms with Crippen LogP contribution in [0.2, 0.25) is 0 Å². The molecule has 0 bridgehead atoms. The van der Waals surface area contributed by atoms with Crippen LogP contribution in [0.25, 0.3) is 16.6 Å². The number of aliphatic hydroxyl groups is 1. The standard InChI is InChI=1S/C26H29N3O5/c1-6-26(32)20(16(2)14-33-24(26)31)11-22-23-19(13-29(22)15-30)18(12-27-34-25(3,4)5)17-9-7-8-10-21(17)28-23/h7-12,15,32H,6,13-14H2,1-5H3/b22-11-,27-12+. The van der Waals surface area contributed by atoms with Crippen molar-refractivity contribution in [1.29, 1.82) is 0 Å². The molecule has 0 saturated carbocycles. The van der Waals surface area contributed by atoms with Crippen LogP contribution in [-0.2, 0) is 25.7 Å². The van der Waals surface area contributed by atoms with Gasteiger partial charge in [0.25, 0.3) is 0 Å². The van der Waals surface area contributed by atoms with E-state index in [0.29, 0.717) is 17.0 Å². The van der Waals surface area contributed by atoms with E-state index in [1.807, 2.05) is 45.0 Å². The van der Waals surface area contributed by atoms with E-state index in [1.165, 1.54) is 4.90 Å². The number of pyridine rings is 1. The number of hydrogen-bond acceptors (Lipinski definition) is 7. The quantitative estimate of drug-likeness (QED) is 0.314. The first-order valence-corrected chi connectivity index (χ1v) is 11.3. The largest absolute Gasteiger partial charge is 0.459 e. The summed E-state index contributed by atoms with van der Waals surface area (Å²) in [5, 5.41) is 16.2. The number of para-hydroxylation sites is 1. The minimum absolute atomic E-state index is 0.0847. The maximum Gasteiger partial charge on any atom is 0.343 e. The van der Waals surface area contributed by atoms with Gasteiger partial charge in [-0.25, -0.2) is 9.78 Å². The summed E-state index contributed by atoms with van der Waals surface area (Å²) in [5.41, 5.74) is 2.38. The topological polar surface area (TPSA) is 101 Å². The summed E-state index contributed by atoms with van der Waals surface area (Å²) in [4.78, 5) is 36.5. The zero-order valence-electron chi connectivity index (χ0n) is 20.1. The molecule has 1 unspecified atom stereocenters. The van der Waals surface area contributed by atoms with Gasteiger partial charge in [-0.05, 0) is 57.4 Å². The molecule has 178 valence electrons. The third-order valence-corrected chi connectivity index (χ3v) is 6.01. The van der Waals surface area contributed by atoms with Crippen LogP contribution in [0, 0.1) is 0 Å². The summed E-state index contributed by atoms with van der Waals surface area (Å²) >= 11 is 0. The molecule has 1 aromatic heterocycles. The van der Waals surface area contributed by atoms with Crippen molar-refractivity contribution < 1.29 is 24.3 Å². The molecule has 2 aliphatic heterocycles. The minimum atomic E-state index is -1.78. The summed E-state index contributed by atoms with van der Waals surface area (Å²) in [6.45, 7) is 9.62. The Bertz CT molecular complexity index is 1260. The maximum atomic E-state index is 12.4. The summed E-state index contributed by atoms with van der Waals surface area (Å²) in [6.07, 6.45) is 4.22. The van der Waals surface area contributed by atoms with Crippen LogP contribution in [0.3, 0.4) is 0 Å². The van der Waals surface area contributed by atoms with Crippen molar-refractivity contribution >= 4 is 35.2 Å². The molecule has 34 heavy (non-hydrogen) atoms. The van der Waals surface area contributed by atoms with Crippen LogP contribution >= 0.6 is 0 Å². The summed E-state index contributed by atoms with van der Waals surface area (Å²) in [7, 11) is 0. The summed E-state index contributed by atoms with van der Waals surface area (Å²) in [5.74, 6) is -0.693. The van der Waals surface area contributed by atoms with Crippen molar-refractivity contribution in [3.63, 3.8) is 0 Å². The Labute approximate surface area is 198 Å². The number of benzene rings is 1. The highest BCUT2D eigenvalue weighted by Crippen LogP contribution is 2.39. The third-order valence-electron chi connectivity index (χ3n) is 6.01. The predicted octanol–water partition coefficient (Wildman–Crippen LogP) is 3.71. The zero-order chi connectivity index (χ0) is 24.7. The molecule has 1 aromatic carbocycles. The van der Waals surface area contributed by atoms with Gasteiger partial charge in [0.1, 0.15) is 12.2 Å². The number of ether oxygens (including phenoxy) is 1. The lowest BCUT2D eigenvalue weighted by Crippen LogP contribution is -2.45. The molecule has 2 aromatic rings. The van der Waals surface area contributed by atoms with Crippen LogP contribution in [0.4, 0.5) is 0 Å². The molecule has 0 spiro atoms. The van der Waals surface area contributed by atoms with E-state index in [9.17, 15) is 14.7 Å². The van der Waals surface area contributed by atoms with Gasteiger partial charge in [0, 0.05) is 16.5 Å². The lowest BCUT2D eigenvalue weighted by molar-refractivity contribution is -0.162. The van der Waals surface area contributed by atoms with Gasteiger partial charge in [0.15, 0.2) is 5.60 Å². The van der Waals surface area contributed by atoms with Crippen LogP contribution in [0.1, 0.15) is 57.9 Å². The molecular weight excluding hydrogens is 434 g/mol. The summed E-state index contributed by atoms with van der Waals surface area (Å²) in [6, 6.07) is 7.66. The summed E-state index contributed by atoms with van der Waals surface area (Å²) < 4.78 is 5.16. The van der Waals surface area contributed by atoms with Crippen molar-refractivity contribution in [2.45, 2.75) is 58.8 Å². The number of carbonyl (C=O) groups is 2. The Morgan fingerprint density at radius 2 is 2.06 bits per heavy atom. The fourth-order valence-corrected chi connectivity index (χ4v) is 4.22. The molecule has 3 heterocycles. The number of cyclic esters (lactones) is 1. The van der Waals surface area contributed by atoms with E-state index in [1.54, 1.807) is 26.1 Å². The Hall–Kier alpha value is -3.52. The maximum absolute atomic E-state index is 12.4. The highest BCUT2D eigenvalue weighted by atomic mass is 16.6. The number of carbonyl (C=O) groups excluding carboxylic acids is 2. The molecule has 4 rings (SSSR count). The van der Waals surface area contributed by atoms with Crippen molar-refractivity contribution in [2.75, 3.05) is 6.61 Å². The average molecular weight is 464 g/mol. The zero-order valence-corrected chi connectivity index (χ0v) is 20.1. The first-order valence-electron chi connectivity index (χ1n) is 11.3. The van der Waals surface area contributed by atoms with E-state index < -0.39 is 17.2 Å². The molecule has 8 nitrogen and oxygen atoms in total. The molecule has 0 fully saturated rings. The number of nitrogens with zero attached hydrogens (tertiary/aromatic N) is 3. The molecule has 1 amide bonds. The fraction of sp³-hybridized carbons (Fsp3) is 0.385. The Balaban J connectivity index is 1.93. The first-order chi connectivity index (χ1) is 16.1. The van der Waals surface area contributed by atoms with Crippen LogP contribution in [0.15, 0.2) is 46.6 Å². The number of esters is 1. The van der Waals surface area contributed by atoms with E-state index in [-0.39, 0.29) is 19.6 Å². The van der Waals surface area contributed by atoms with Gasteiger partial charge in [0.05, 0.1) is 29.7 Å². The number of rotatable bonds is 5. The van der Waals surface area contributed by atoms with Crippen molar-refractivity contribution in [1.82, 2.24) is 9.88 Å². The molecule has 0 saturated heterocycles. The number of aromatic nitrogens is 1. The van der Waals surface area contributed by atoms with Gasteiger partial charge in [-0.2, -0.15) is 0 Å². The Morgan fingerprint density at radius 1 is 1.32 bits per heavy atom. The second kappa shape index (κ2) is 8.68. The van der Waals surface area contributed by atoms with Crippen LogP contribution in [0.5, 0.6) is 0 Å². The number of oxime groups is 1. The van der Waals surface area contributed by atoms with E-state index in [0.717, 1.165) is 34.0 Å². The van der Waals surface area contributed by atoms with Crippen LogP contribution in [-0.4, -0.2) is 51.4 Å². The molecular formula is C26H29N3O5. The van der Waals surface area contributed by atoms with Crippen LogP contribution < -0.4 is 0 Å². The molecule has 8 heteroatoms. The van der Waals surface area contributed by atoms with Gasteiger partial charge in [0.2, 0.25) is 6.41 Å². The Morgan fingerprint density at radius 3 is 2.74 bits per heavy atom. The van der Waals surface area contributed by atoms with E-state index in [2.05, 4.69) is 5.16 Å². The Kier molecular flexibility index (Phi) is 6.03. The highest BCUT2D eigenvalue weighted by Gasteiger charge is 2.44. The van der Waals surface area contributed by atoms with Gasteiger partial charge >= 0.3 is 5.97 Å². The van der Waals surface area contributed by atoms with Gasteiger partial charge in [-0.1, -0.05) is 30.3 Å². The third kappa shape index (κ3) is 4.09. The fourth-order valence-electron chi connectivity index (χ4n) is 4.22. The number of amides is 1. The minimum Gasteiger partial charge on any atom is -0.459 e.